The van der Waals surface area contributed by atoms with Crippen LogP contribution >= 0.6 is 43.5 Å². The highest BCUT2D eigenvalue weighted by molar-refractivity contribution is 9.11. The Morgan fingerprint density at radius 3 is 2.63 bits per heavy atom. The maximum absolute atomic E-state index is 13.7. The van der Waals surface area contributed by atoms with Crippen LogP contribution in [0.5, 0.6) is 0 Å². The van der Waals surface area contributed by atoms with Gasteiger partial charge in [-0.1, -0.05) is 55.6 Å². The fraction of sp³-hybridized carbons (Fsp3) is 0.0714. The van der Waals surface area contributed by atoms with E-state index < -0.39 is 5.82 Å². The fourth-order valence-electron chi connectivity index (χ4n) is 1.67. The average molecular weight is 406 g/mol. The van der Waals surface area contributed by atoms with Crippen molar-refractivity contribution in [1.29, 1.82) is 0 Å². The van der Waals surface area contributed by atoms with E-state index in [4.69, 9.17) is 11.6 Å². The van der Waals surface area contributed by atoms with Crippen molar-refractivity contribution in [3.63, 3.8) is 0 Å². The fourth-order valence-corrected chi connectivity index (χ4v) is 3.13. The summed E-state index contributed by atoms with van der Waals surface area (Å²) < 4.78 is 15.3. The van der Waals surface area contributed by atoms with Crippen molar-refractivity contribution in [2.24, 2.45) is 0 Å². The molecule has 0 aliphatic rings. The van der Waals surface area contributed by atoms with Gasteiger partial charge < -0.3 is 0 Å². The number of halogens is 4. The lowest BCUT2D eigenvalue weighted by atomic mass is 10.0. The van der Waals surface area contributed by atoms with Crippen LogP contribution in [-0.2, 0) is 6.42 Å². The van der Waals surface area contributed by atoms with Gasteiger partial charge in [0.1, 0.15) is 5.82 Å². The molecule has 0 N–H and O–H groups in total. The predicted octanol–water partition coefficient (Wildman–Crippen LogP) is 5.43. The first kappa shape index (κ1) is 14.7. The minimum atomic E-state index is -0.536. The lowest BCUT2D eigenvalue weighted by molar-refractivity contribution is 0.0991. The molecule has 0 spiro atoms. The van der Waals surface area contributed by atoms with Crippen molar-refractivity contribution in [3.8, 4) is 0 Å². The van der Waals surface area contributed by atoms with Gasteiger partial charge in [0, 0.05) is 20.9 Å². The molecule has 0 bridgehead atoms. The minimum Gasteiger partial charge on any atom is -0.294 e. The van der Waals surface area contributed by atoms with Gasteiger partial charge in [-0.2, -0.15) is 0 Å². The van der Waals surface area contributed by atoms with Gasteiger partial charge in [0.2, 0.25) is 0 Å². The molecule has 2 rings (SSSR count). The number of ketones is 1. The van der Waals surface area contributed by atoms with Crippen LogP contribution in [0, 0.1) is 5.82 Å². The van der Waals surface area contributed by atoms with Crippen LogP contribution < -0.4 is 0 Å². The van der Waals surface area contributed by atoms with Crippen molar-refractivity contribution < 1.29 is 9.18 Å². The van der Waals surface area contributed by atoms with Crippen LogP contribution in [0.2, 0.25) is 5.02 Å². The first-order valence-corrected chi connectivity index (χ1v) is 7.36. The summed E-state index contributed by atoms with van der Waals surface area (Å²) >= 11 is 12.3. The van der Waals surface area contributed by atoms with E-state index >= 15 is 0 Å². The molecule has 0 aliphatic carbocycles. The third-order valence-corrected chi connectivity index (χ3v) is 4.06. The SMILES string of the molecule is O=C(Cc1cccc(Cl)c1F)c1ccc(Br)cc1Br. The van der Waals surface area contributed by atoms with Crippen LogP contribution in [0.15, 0.2) is 45.3 Å². The van der Waals surface area contributed by atoms with Gasteiger partial charge in [-0.3, -0.25) is 4.79 Å². The largest absolute Gasteiger partial charge is 0.294 e. The van der Waals surface area contributed by atoms with E-state index in [1.807, 2.05) is 0 Å². The van der Waals surface area contributed by atoms with Crippen molar-refractivity contribution in [3.05, 3.63) is 67.3 Å². The van der Waals surface area contributed by atoms with Gasteiger partial charge in [0.05, 0.1) is 5.02 Å². The molecule has 0 amide bonds. The Labute approximate surface area is 132 Å². The van der Waals surface area contributed by atoms with Crippen LogP contribution in [0.4, 0.5) is 4.39 Å². The second kappa shape index (κ2) is 6.16. The lowest BCUT2D eigenvalue weighted by Crippen LogP contribution is -2.06. The summed E-state index contributed by atoms with van der Waals surface area (Å²) in [6.45, 7) is 0. The third kappa shape index (κ3) is 3.44. The Kier molecular flexibility index (Phi) is 4.76. The molecule has 0 saturated carbocycles. The maximum atomic E-state index is 13.7. The van der Waals surface area contributed by atoms with Gasteiger partial charge in [-0.05, 0) is 29.8 Å². The van der Waals surface area contributed by atoms with Crippen molar-refractivity contribution in [2.45, 2.75) is 6.42 Å². The average Bonchev–Trinajstić information content (AvgIpc) is 2.34. The molecule has 0 heterocycles. The number of hydrogen-bond acceptors (Lipinski definition) is 1. The van der Waals surface area contributed by atoms with Gasteiger partial charge in [-0.25, -0.2) is 4.39 Å². The van der Waals surface area contributed by atoms with Gasteiger partial charge in [-0.15, -0.1) is 0 Å². The summed E-state index contributed by atoms with van der Waals surface area (Å²) in [4.78, 5) is 12.2. The molecular weight excluding hydrogens is 398 g/mol. The highest BCUT2D eigenvalue weighted by Gasteiger charge is 2.14. The van der Waals surface area contributed by atoms with Gasteiger partial charge in [0.15, 0.2) is 5.78 Å². The molecule has 5 heteroatoms. The van der Waals surface area contributed by atoms with Crippen molar-refractivity contribution >= 4 is 49.2 Å². The van der Waals surface area contributed by atoms with E-state index in [9.17, 15) is 9.18 Å². The second-order valence-electron chi connectivity index (χ2n) is 3.94. The number of rotatable bonds is 3. The van der Waals surface area contributed by atoms with E-state index in [2.05, 4.69) is 31.9 Å². The summed E-state index contributed by atoms with van der Waals surface area (Å²) in [5.41, 5.74) is 0.815. The van der Waals surface area contributed by atoms with E-state index in [1.165, 1.54) is 6.07 Å². The van der Waals surface area contributed by atoms with Crippen molar-refractivity contribution in [2.75, 3.05) is 0 Å². The van der Waals surface area contributed by atoms with Crippen LogP contribution in [0.25, 0.3) is 0 Å². The number of benzene rings is 2. The summed E-state index contributed by atoms with van der Waals surface area (Å²) in [5, 5.41) is 0.0279. The van der Waals surface area contributed by atoms with Gasteiger partial charge >= 0.3 is 0 Å². The molecule has 2 aromatic carbocycles. The monoisotopic (exact) mass is 404 g/mol. The van der Waals surface area contributed by atoms with Gasteiger partial charge in [0.25, 0.3) is 0 Å². The molecule has 0 atom stereocenters. The van der Waals surface area contributed by atoms with E-state index in [1.54, 1.807) is 30.3 Å². The van der Waals surface area contributed by atoms with E-state index in [0.29, 0.717) is 15.6 Å². The smallest absolute Gasteiger partial charge is 0.168 e. The summed E-state index contributed by atoms with van der Waals surface area (Å²) in [5.74, 6) is -0.703. The quantitative estimate of drug-likeness (QED) is 0.621. The zero-order valence-electron chi connectivity index (χ0n) is 9.59. The zero-order chi connectivity index (χ0) is 14.0. The zero-order valence-corrected chi connectivity index (χ0v) is 13.5. The second-order valence-corrected chi connectivity index (χ2v) is 6.11. The Balaban J connectivity index is 2.28. The van der Waals surface area contributed by atoms with Crippen LogP contribution in [0.3, 0.4) is 0 Å². The molecular formula is C14H8Br2ClFO. The Bertz CT molecular complexity index is 643. The van der Waals surface area contributed by atoms with E-state index in [0.717, 1.165) is 4.47 Å². The molecule has 0 fully saturated rings. The molecule has 19 heavy (non-hydrogen) atoms. The normalized spacial score (nSPS) is 10.5. The maximum Gasteiger partial charge on any atom is 0.168 e. The molecule has 0 aromatic heterocycles. The van der Waals surface area contributed by atoms with Crippen LogP contribution in [0.1, 0.15) is 15.9 Å². The molecule has 2 aromatic rings. The Hall–Kier alpha value is -0.710. The summed E-state index contributed by atoms with van der Waals surface area (Å²) in [6, 6.07) is 9.89. The Morgan fingerprint density at radius 1 is 1.21 bits per heavy atom. The Morgan fingerprint density at radius 2 is 1.95 bits per heavy atom. The predicted molar refractivity (Wildman–Crippen MR) is 81.3 cm³/mol. The van der Waals surface area contributed by atoms with Crippen molar-refractivity contribution in [1.82, 2.24) is 0 Å². The topological polar surface area (TPSA) is 17.1 Å². The summed E-state index contributed by atoms with van der Waals surface area (Å²) in [7, 11) is 0. The number of carbonyl (C=O) groups is 1. The molecule has 0 aliphatic heterocycles. The molecule has 0 saturated heterocycles. The molecule has 98 valence electrons. The highest BCUT2D eigenvalue weighted by Crippen LogP contribution is 2.25. The highest BCUT2D eigenvalue weighted by atomic mass is 79.9. The number of hydrogen-bond donors (Lipinski definition) is 0. The number of carbonyl (C=O) groups excluding carboxylic acids is 1. The summed E-state index contributed by atoms with van der Waals surface area (Å²) in [6.07, 6.45) is -0.0212. The first-order valence-electron chi connectivity index (χ1n) is 5.40. The first-order chi connectivity index (χ1) is 8.99. The molecule has 0 radical (unpaired) electrons. The molecule has 1 nitrogen and oxygen atoms in total. The minimum absolute atomic E-state index is 0.0212. The molecule has 0 unspecified atom stereocenters. The number of Topliss-reactive ketones (excluding diaryl/α,β-unsaturated/α-hetero) is 1. The van der Waals surface area contributed by atoms with Crippen LogP contribution in [-0.4, -0.2) is 5.78 Å². The third-order valence-electron chi connectivity index (χ3n) is 2.61. The standard InChI is InChI=1S/C14H8Br2ClFO/c15-9-4-5-10(11(16)7-9)13(19)6-8-2-1-3-12(17)14(8)18/h1-5,7H,6H2. The van der Waals surface area contributed by atoms with E-state index in [-0.39, 0.29) is 17.2 Å². The lowest BCUT2D eigenvalue weighted by Gasteiger charge is -2.06.